The maximum Gasteiger partial charge on any atom is 0.469 e. The summed E-state index contributed by atoms with van der Waals surface area (Å²) in [6.07, 6.45) is -0.648. The molecule has 0 bridgehead atoms. The van der Waals surface area contributed by atoms with Crippen molar-refractivity contribution < 1.29 is 33.5 Å². The van der Waals surface area contributed by atoms with Gasteiger partial charge in [0, 0.05) is 29.7 Å². The zero-order valence-electron chi connectivity index (χ0n) is 17.9. The molecule has 174 valence electrons. The molecule has 2 unspecified atom stereocenters. The van der Waals surface area contributed by atoms with Gasteiger partial charge in [-0.2, -0.15) is 0 Å². The summed E-state index contributed by atoms with van der Waals surface area (Å²) in [7, 11) is -1.63. The highest BCUT2D eigenvalue weighted by Crippen LogP contribution is 2.47. The second-order valence-corrected chi connectivity index (χ2v) is 9.79. The summed E-state index contributed by atoms with van der Waals surface area (Å²) in [5, 5.41) is 21.9. The number of hydrogen-bond donors (Lipinski definition) is 4. The molecule has 33 heavy (non-hydrogen) atoms. The molecule has 1 fully saturated rings. The van der Waals surface area contributed by atoms with Crippen LogP contribution in [0.25, 0.3) is 22.3 Å². The van der Waals surface area contributed by atoms with Crippen LogP contribution < -0.4 is 10.9 Å². The van der Waals surface area contributed by atoms with E-state index in [1.165, 1.54) is 13.9 Å². The molecule has 1 aromatic heterocycles. The van der Waals surface area contributed by atoms with Gasteiger partial charge in [-0.15, -0.1) is 0 Å². The first-order chi connectivity index (χ1) is 15.5. The van der Waals surface area contributed by atoms with Crippen LogP contribution in [0.15, 0.2) is 39.5 Å². The number of likely N-dealkylation sites (N-methyl/N-ethyl adjacent to an activating group) is 1. The predicted molar refractivity (Wildman–Crippen MR) is 126 cm³/mol. The van der Waals surface area contributed by atoms with Crippen LogP contribution >= 0.6 is 19.4 Å². The minimum atomic E-state index is -4.86. The van der Waals surface area contributed by atoms with Crippen molar-refractivity contribution in [3.8, 4) is 22.8 Å². The average molecular weight is 494 g/mol. The van der Waals surface area contributed by atoms with Crippen molar-refractivity contribution in [2.75, 3.05) is 20.1 Å². The molecule has 2 atom stereocenters. The maximum absolute atomic E-state index is 13.1. The number of likely N-dealkylation sites (tertiary alicyclic amines) is 1. The number of nitrogens with zero attached hydrogens (tertiary/aromatic N) is 1. The van der Waals surface area contributed by atoms with E-state index in [4.69, 9.17) is 20.5 Å². The summed E-state index contributed by atoms with van der Waals surface area (Å²) in [4.78, 5) is 33.8. The summed E-state index contributed by atoms with van der Waals surface area (Å²) < 4.78 is 22.8. The van der Waals surface area contributed by atoms with Gasteiger partial charge in [0.1, 0.15) is 36.1 Å². The molecular formula is C21H22BClNO8P. The van der Waals surface area contributed by atoms with Gasteiger partial charge < -0.3 is 29.3 Å². The lowest BCUT2D eigenvalue weighted by atomic mass is 9.80. The van der Waals surface area contributed by atoms with Gasteiger partial charge in [-0.25, -0.2) is 4.57 Å². The molecule has 4 rings (SSSR count). The fraction of sp³-hybridized carbons (Fsp3) is 0.286. The Morgan fingerprint density at radius 1 is 1.24 bits per heavy atom. The Labute approximate surface area is 194 Å². The highest BCUT2D eigenvalue weighted by molar-refractivity contribution is 7.46. The third-order valence-electron chi connectivity index (χ3n) is 5.94. The molecule has 12 heteroatoms. The summed E-state index contributed by atoms with van der Waals surface area (Å²) in [5.74, 6) is -1.35. The Morgan fingerprint density at radius 3 is 2.61 bits per heavy atom. The van der Waals surface area contributed by atoms with E-state index in [1.807, 2.05) is 4.90 Å². The smallest absolute Gasteiger partial charge is 0.469 e. The molecule has 0 spiro atoms. The van der Waals surface area contributed by atoms with Crippen molar-refractivity contribution in [3.05, 3.63) is 51.1 Å². The molecule has 0 saturated carbocycles. The van der Waals surface area contributed by atoms with Crippen molar-refractivity contribution in [1.29, 1.82) is 0 Å². The fourth-order valence-corrected chi connectivity index (χ4v) is 5.13. The number of hydrogen-bond acceptors (Lipinski definition) is 7. The maximum atomic E-state index is 13.1. The normalized spacial score (nSPS) is 19.8. The minimum Gasteiger partial charge on any atom is -0.508 e. The van der Waals surface area contributed by atoms with Gasteiger partial charge in [0.05, 0.1) is 11.1 Å². The van der Waals surface area contributed by atoms with Crippen LogP contribution in [0, 0.1) is 0 Å². The Morgan fingerprint density at radius 2 is 1.94 bits per heavy atom. The largest absolute Gasteiger partial charge is 0.508 e. The third kappa shape index (κ3) is 4.55. The number of aromatic hydroxyl groups is 2. The number of fused-ring (bicyclic) bond motifs is 1. The van der Waals surface area contributed by atoms with Crippen LogP contribution in [-0.2, 0) is 9.09 Å². The first-order valence-corrected chi connectivity index (χ1v) is 12.1. The summed E-state index contributed by atoms with van der Waals surface area (Å²) in [6, 6.07) is 7.95. The van der Waals surface area contributed by atoms with E-state index in [0.29, 0.717) is 23.6 Å². The van der Waals surface area contributed by atoms with E-state index < -0.39 is 31.0 Å². The number of benzene rings is 2. The fourth-order valence-electron chi connectivity index (χ4n) is 4.34. The zero-order valence-corrected chi connectivity index (χ0v) is 19.5. The Hall–Kier alpha value is -2.33. The lowest BCUT2D eigenvalue weighted by Gasteiger charge is -2.37. The molecule has 0 radical (unpaired) electrons. The van der Waals surface area contributed by atoms with Gasteiger partial charge in [0.15, 0.2) is 5.43 Å². The van der Waals surface area contributed by atoms with Crippen LogP contribution in [-0.4, -0.2) is 59.0 Å². The van der Waals surface area contributed by atoms with Gasteiger partial charge in [-0.05, 0) is 37.6 Å². The molecule has 2 heterocycles. The molecule has 0 aliphatic carbocycles. The van der Waals surface area contributed by atoms with Crippen molar-refractivity contribution in [2.24, 2.45) is 0 Å². The number of phenols is 2. The van der Waals surface area contributed by atoms with Crippen LogP contribution in [0.4, 0.5) is 0 Å². The van der Waals surface area contributed by atoms with Gasteiger partial charge in [-0.3, -0.25) is 9.32 Å². The van der Waals surface area contributed by atoms with Crippen molar-refractivity contribution in [3.63, 3.8) is 0 Å². The van der Waals surface area contributed by atoms with Crippen LogP contribution in [0.5, 0.6) is 11.5 Å². The molecule has 9 nitrogen and oxygen atoms in total. The van der Waals surface area contributed by atoms with E-state index in [9.17, 15) is 29.4 Å². The van der Waals surface area contributed by atoms with Crippen LogP contribution in [0.2, 0.25) is 5.02 Å². The summed E-state index contributed by atoms with van der Waals surface area (Å²) in [5.41, 5.74) is 0.0253. The van der Waals surface area contributed by atoms with E-state index >= 15 is 0 Å². The van der Waals surface area contributed by atoms with Gasteiger partial charge >= 0.3 is 7.82 Å². The quantitative estimate of drug-likeness (QED) is 0.315. The summed E-state index contributed by atoms with van der Waals surface area (Å²) >= 11 is 6.28. The third-order valence-corrected chi connectivity index (χ3v) is 6.81. The first-order valence-electron chi connectivity index (χ1n) is 10.2. The van der Waals surface area contributed by atoms with Crippen molar-refractivity contribution in [2.45, 2.75) is 18.4 Å². The minimum absolute atomic E-state index is 0.0594. The topological polar surface area (TPSA) is 141 Å². The number of piperidine rings is 1. The molecule has 0 amide bonds. The average Bonchev–Trinajstić information content (AvgIpc) is 2.72. The number of phosphoric ester groups is 1. The predicted octanol–water partition coefficient (Wildman–Crippen LogP) is 1.68. The highest BCUT2D eigenvalue weighted by Gasteiger charge is 2.38. The molecular weight excluding hydrogens is 471 g/mol. The molecule has 1 aliphatic rings. The highest BCUT2D eigenvalue weighted by atomic mass is 35.5. The second-order valence-electron chi connectivity index (χ2n) is 8.19. The second kappa shape index (κ2) is 8.79. The first kappa shape index (κ1) is 23.8. The van der Waals surface area contributed by atoms with Crippen molar-refractivity contribution in [1.82, 2.24) is 4.90 Å². The number of rotatable bonds is 4. The zero-order chi connectivity index (χ0) is 24.1. The lowest BCUT2D eigenvalue weighted by Crippen LogP contribution is -2.42. The summed E-state index contributed by atoms with van der Waals surface area (Å²) in [6.45, 7) is 0.714. The van der Waals surface area contributed by atoms with E-state index in [0.717, 1.165) is 0 Å². The van der Waals surface area contributed by atoms with E-state index in [1.54, 1.807) is 31.3 Å². The standard InChI is InChI=1S/C21H22BClNO8P/c1-24-7-6-11(15(9-24)32-33(28,29)30)16-19(26)18(22)20(27)17-13(25)8-14(31-21(16)17)10-4-2-3-5-12(10)23/h2-5,8,11,15,26-27H,6-7,9,22H2,1H3,(H2,28,29,30). The van der Waals surface area contributed by atoms with Crippen LogP contribution in [0.1, 0.15) is 17.9 Å². The molecule has 4 N–H and O–H groups in total. The van der Waals surface area contributed by atoms with Gasteiger partial charge in [0.25, 0.3) is 0 Å². The van der Waals surface area contributed by atoms with Crippen molar-refractivity contribution >= 4 is 43.7 Å². The lowest BCUT2D eigenvalue weighted by molar-refractivity contribution is 0.0545. The molecule has 1 aliphatic heterocycles. The number of phenolic OH excluding ortho intramolecular Hbond substituents is 2. The monoisotopic (exact) mass is 493 g/mol. The van der Waals surface area contributed by atoms with E-state index in [-0.39, 0.29) is 40.1 Å². The Bertz CT molecular complexity index is 1340. The SMILES string of the molecule is Bc1c(O)c(C2CCN(C)CC2OP(=O)(O)O)c2oc(-c3ccccc3Cl)cc(=O)c2c1O. The molecule has 3 aromatic rings. The number of halogens is 1. The Balaban J connectivity index is 2.01. The molecule has 1 saturated heterocycles. The van der Waals surface area contributed by atoms with E-state index in [2.05, 4.69) is 0 Å². The number of phosphoric acid groups is 1. The van der Waals surface area contributed by atoms with Crippen LogP contribution in [0.3, 0.4) is 0 Å². The molecule has 2 aromatic carbocycles. The Kier molecular flexibility index (Phi) is 6.35. The van der Waals surface area contributed by atoms with Gasteiger partial charge in [-0.1, -0.05) is 23.7 Å². The van der Waals surface area contributed by atoms with Gasteiger partial charge in [0.2, 0.25) is 0 Å².